The van der Waals surface area contributed by atoms with Crippen molar-refractivity contribution in [2.24, 2.45) is 0 Å². The molecular weight excluding hydrogens is 328 g/mol. The Morgan fingerprint density at radius 2 is 1.96 bits per heavy atom. The van der Waals surface area contributed by atoms with E-state index in [-0.39, 0.29) is 5.75 Å². The Morgan fingerprint density at radius 3 is 2.67 bits per heavy atom. The average Bonchev–Trinajstić information content (AvgIpc) is 3.01. The maximum Gasteiger partial charge on any atom is 0.199 e. The third-order valence-corrected chi connectivity index (χ3v) is 4.92. The van der Waals surface area contributed by atoms with E-state index in [4.69, 9.17) is 9.47 Å². The highest BCUT2D eigenvalue weighted by Gasteiger charge is 2.16. The highest BCUT2D eigenvalue weighted by atomic mass is 32.2. The van der Waals surface area contributed by atoms with Crippen molar-refractivity contribution in [3.05, 3.63) is 35.3 Å². The standard InChI is InChI=1S/C16H18N4O3S/c1-9-6-17-13(10(2)14(9)23-4)8-24(21)16-19-12-5-11(22-3)7-18-15(12)20-16/h5-7H,8H2,1-4H3,(H,18,19,20). The van der Waals surface area contributed by atoms with Crippen LogP contribution in [-0.4, -0.2) is 38.4 Å². The predicted molar refractivity (Wildman–Crippen MR) is 90.8 cm³/mol. The zero-order valence-electron chi connectivity index (χ0n) is 13.9. The molecule has 0 radical (unpaired) electrons. The van der Waals surface area contributed by atoms with Crippen LogP contribution in [0.3, 0.4) is 0 Å². The minimum atomic E-state index is -1.37. The topological polar surface area (TPSA) is 90.0 Å². The van der Waals surface area contributed by atoms with Crippen LogP contribution in [0, 0.1) is 13.8 Å². The fourth-order valence-corrected chi connectivity index (χ4v) is 3.58. The van der Waals surface area contributed by atoms with E-state index in [2.05, 4.69) is 19.9 Å². The molecule has 0 aliphatic heterocycles. The lowest BCUT2D eigenvalue weighted by atomic mass is 10.1. The van der Waals surface area contributed by atoms with Crippen molar-refractivity contribution in [2.75, 3.05) is 14.2 Å². The molecule has 0 saturated carbocycles. The van der Waals surface area contributed by atoms with Gasteiger partial charge in [-0.25, -0.2) is 9.97 Å². The number of aromatic nitrogens is 4. The second-order valence-electron chi connectivity index (χ2n) is 5.32. The normalized spacial score (nSPS) is 12.3. The maximum absolute atomic E-state index is 12.7. The van der Waals surface area contributed by atoms with Gasteiger partial charge >= 0.3 is 0 Å². The molecule has 0 amide bonds. The molecule has 0 bridgehead atoms. The van der Waals surface area contributed by atoms with Gasteiger partial charge in [0.15, 0.2) is 10.8 Å². The van der Waals surface area contributed by atoms with Gasteiger partial charge in [0.05, 0.1) is 48.2 Å². The van der Waals surface area contributed by atoms with Gasteiger partial charge in [-0.05, 0) is 13.8 Å². The van der Waals surface area contributed by atoms with Crippen molar-refractivity contribution in [2.45, 2.75) is 24.8 Å². The molecule has 0 spiro atoms. The largest absolute Gasteiger partial charge is 0.496 e. The number of aryl methyl sites for hydroxylation is 1. The summed E-state index contributed by atoms with van der Waals surface area (Å²) in [6.45, 7) is 3.84. The molecule has 7 nitrogen and oxygen atoms in total. The smallest absolute Gasteiger partial charge is 0.199 e. The number of nitrogens with one attached hydrogen (secondary N) is 1. The molecule has 1 N–H and O–H groups in total. The second-order valence-corrected chi connectivity index (χ2v) is 6.69. The molecule has 0 aliphatic carbocycles. The van der Waals surface area contributed by atoms with Crippen LogP contribution in [0.25, 0.3) is 11.2 Å². The lowest BCUT2D eigenvalue weighted by Gasteiger charge is -2.11. The van der Waals surface area contributed by atoms with Crippen molar-refractivity contribution in [3.8, 4) is 11.5 Å². The molecule has 3 aromatic heterocycles. The van der Waals surface area contributed by atoms with Crippen LogP contribution in [-0.2, 0) is 16.6 Å². The van der Waals surface area contributed by atoms with Gasteiger partial charge in [0.1, 0.15) is 11.5 Å². The van der Waals surface area contributed by atoms with Crippen LogP contribution in [0.2, 0.25) is 0 Å². The number of methoxy groups -OCH3 is 2. The van der Waals surface area contributed by atoms with E-state index < -0.39 is 10.8 Å². The first-order valence-electron chi connectivity index (χ1n) is 7.30. The molecule has 0 fully saturated rings. The number of rotatable bonds is 5. The Kier molecular flexibility index (Phi) is 4.48. The third-order valence-electron chi connectivity index (χ3n) is 3.76. The first-order valence-corrected chi connectivity index (χ1v) is 8.62. The highest BCUT2D eigenvalue weighted by molar-refractivity contribution is 7.84. The van der Waals surface area contributed by atoms with Gasteiger partial charge in [0.25, 0.3) is 0 Å². The minimum Gasteiger partial charge on any atom is -0.496 e. The highest BCUT2D eigenvalue weighted by Crippen LogP contribution is 2.25. The maximum atomic E-state index is 12.7. The summed E-state index contributed by atoms with van der Waals surface area (Å²) in [7, 11) is 1.82. The first-order chi connectivity index (χ1) is 11.5. The van der Waals surface area contributed by atoms with E-state index >= 15 is 0 Å². The van der Waals surface area contributed by atoms with E-state index in [0.29, 0.717) is 22.1 Å². The minimum absolute atomic E-state index is 0.249. The summed E-state index contributed by atoms with van der Waals surface area (Å²) in [6.07, 6.45) is 3.30. The Morgan fingerprint density at radius 1 is 1.17 bits per heavy atom. The number of H-pyrrole nitrogens is 1. The van der Waals surface area contributed by atoms with E-state index in [9.17, 15) is 4.21 Å². The van der Waals surface area contributed by atoms with E-state index in [1.54, 1.807) is 32.7 Å². The number of nitrogens with zero attached hydrogens (tertiary/aromatic N) is 3. The van der Waals surface area contributed by atoms with E-state index in [1.807, 2.05) is 13.8 Å². The van der Waals surface area contributed by atoms with Crippen LogP contribution < -0.4 is 9.47 Å². The molecule has 126 valence electrons. The Balaban J connectivity index is 1.90. The fourth-order valence-electron chi connectivity index (χ4n) is 2.49. The number of imidazole rings is 1. The Labute approximate surface area is 141 Å². The molecule has 3 aromatic rings. The van der Waals surface area contributed by atoms with Gasteiger partial charge in [-0.3, -0.25) is 9.19 Å². The summed E-state index contributed by atoms with van der Waals surface area (Å²) in [5.41, 5.74) is 3.75. The molecule has 8 heteroatoms. The summed E-state index contributed by atoms with van der Waals surface area (Å²) >= 11 is 0. The molecule has 3 rings (SSSR count). The zero-order chi connectivity index (χ0) is 17.3. The molecule has 0 saturated heterocycles. The van der Waals surface area contributed by atoms with Crippen LogP contribution in [0.1, 0.15) is 16.8 Å². The van der Waals surface area contributed by atoms with Crippen LogP contribution in [0.15, 0.2) is 23.6 Å². The van der Waals surface area contributed by atoms with Gasteiger partial charge in [0.2, 0.25) is 0 Å². The van der Waals surface area contributed by atoms with Crippen LogP contribution in [0.4, 0.5) is 0 Å². The summed E-state index contributed by atoms with van der Waals surface area (Å²) < 4.78 is 23.2. The lowest BCUT2D eigenvalue weighted by Crippen LogP contribution is -2.05. The van der Waals surface area contributed by atoms with Gasteiger partial charge < -0.3 is 14.5 Å². The number of hydrogen-bond acceptors (Lipinski definition) is 6. The molecule has 0 aromatic carbocycles. The van der Waals surface area contributed by atoms with Crippen molar-refractivity contribution < 1.29 is 13.7 Å². The molecule has 1 atom stereocenters. The Hall–Kier alpha value is -2.48. The summed E-state index contributed by atoms with van der Waals surface area (Å²) in [5, 5.41) is 0.367. The monoisotopic (exact) mass is 346 g/mol. The number of hydrogen-bond donors (Lipinski definition) is 1. The van der Waals surface area contributed by atoms with E-state index in [0.717, 1.165) is 22.6 Å². The zero-order valence-corrected chi connectivity index (χ0v) is 14.7. The molecular formula is C16H18N4O3S. The quantitative estimate of drug-likeness (QED) is 0.762. The molecule has 0 aliphatic rings. The summed E-state index contributed by atoms with van der Waals surface area (Å²) in [6, 6.07) is 1.77. The summed E-state index contributed by atoms with van der Waals surface area (Å²) in [5.74, 6) is 1.64. The third kappa shape index (κ3) is 2.96. The van der Waals surface area contributed by atoms with Gasteiger partial charge in [-0.1, -0.05) is 0 Å². The number of fused-ring (bicyclic) bond motifs is 1. The van der Waals surface area contributed by atoms with Gasteiger partial charge in [-0.2, -0.15) is 0 Å². The summed E-state index contributed by atoms with van der Waals surface area (Å²) in [4.78, 5) is 15.9. The van der Waals surface area contributed by atoms with Crippen molar-refractivity contribution in [1.29, 1.82) is 0 Å². The average molecular weight is 346 g/mol. The fraction of sp³-hybridized carbons (Fsp3) is 0.312. The molecule has 24 heavy (non-hydrogen) atoms. The number of aromatic amines is 1. The van der Waals surface area contributed by atoms with Gasteiger partial charge in [0, 0.05) is 23.4 Å². The van der Waals surface area contributed by atoms with Crippen LogP contribution >= 0.6 is 0 Å². The van der Waals surface area contributed by atoms with Crippen molar-refractivity contribution in [1.82, 2.24) is 19.9 Å². The predicted octanol–water partition coefficient (Wildman–Crippen LogP) is 2.29. The first kappa shape index (κ1) is 16.4. The molecule has 1 unspecified atom stereocenters. The second kappa shape index (κ2) is 6.56. The van der Waals surface area contributed by atoms with Crippen LogP contribution in [0.5, 0.6) is 11.5 Å². The van der Waals surface area contributed by atoms with Crippen molar-refractivity contribution in [3.63, 3.8) is 0 Å². The van der Waals surface area contributed by atoms with E-state index in [1.165, 1.54) is 0 Å². The molecule has 3 heterocycles. The lowest BCUT2D eigenvalue weighted by molar-refractivity contribution is 0.407. The van der Waals surface area contributed by atoms with Gasteiger partial charge in [-0.15, -0.1) is 0 Å². The SMILES string of the molecule is COc1cnc2nc(S(=O)Cc3ncc(C)c(OC)c3C)[nH]c2c1. The Bertz CT molecular complexity index is 923. The number of pyridine rings is 2. The van der Waals surface area contributed by atoms with Crippen molar-refractivity contribution >= 4 is 22.0 Å². The number of ether oxygens (including phenoxy) is 2.